The van der Waals surface area contributed by atoms with Crippen LogP contribution in [0.1, 0.15) is 37.0 Å². The zero-order valence-corrected chi connectivity index (χ0v) is 21.4. The molecule has 0 saturated carbocycles. The second-order valence-corrected chi connectivity index (χ2v) is 9.56. The molecule has 0 bridgehead atoms. The summed E-state index contributed by atoms with van der Waals surface area (Å²) in [5.74, 6) is 2.71. The van der Waals surface area contributed by atoms with Crippen molar-refractivity contribution in [3.05, 3.63) is 89.8 Å². The first kappa shape index (κ1) is 24.3. The number of amidine groups is 2. The monoisotopic (exact) mass is 509 g/mol. The first-order chi connectivity index (χ1) is 18.1. The normalized spacial score (nSPS) is 16.9. The van der Waals surface area contributed by atoms with Crippen LogP contribution >= 0.6 is 11.3 Å². The van der Waals surface area contributed by atoms with E-state index in [1.807, 2.05) is 61.0 Å². The second kappa shape index (κ2) is 11.1. The molecular weight excluding hydrogens is 482 g/mol. The number of benzene rings is 2. The van der Waals surface area contributed by atoms with Crippen LogP contribution in [0.3, 0.4) is 0 Å². The first-order valence-electron chi connectivity index (χ1n) is 12.1. The Bertz CT molecular complexity index is 1510. The number of aromatic nitrogens is 2. The molecule has 0 radical (unpaired) electrons. The largest absolute Gasteiger partial charge is 0.344 e. The second-order valence-electron chi connectivity index (χ2n) is 8.68. The first-order valence-corrected chi connectivity index (χ1v) is 13.0. The van der Waals surface area contributed by atoms with Gasteiger partial charge in [0, 0.05) is 35.5 Å². The molecule has 1 unspecified atom stereocenters. The van der Waals surface area contributed by atoms with E-state index < -0.39 is 0 Å². The average molecular weight is 510 g/mol. The summed E-state index contributed by atoms with van der Waals surface area (Å²) < 4.78 is 1.13. The van der Waals surface area contributed by atoms with Crippen molar-refractivity contribution in [1.29, 1.82) is 0 Å². The van der Waals surface area contributed by atoms with Gasteiger partial charge in [0.05, 0.1) is 15.7 Å². The van der Waals surface area contributed by atoms with Gasteiger partial charge in [-0.2, -0.15) is 0 Å². The number of anilines is 3. The molecule has 37 heavy (non-hydrogen) atoms. The van der Waals surface area contributed by atoms with Crippen molar-refractivity contribution in [2.24, 2.45) is 15.9 Å². The zero-order valence-electron chi connectivity index (χ0n) is 20.6. The smallest absolute Gasteiger partial charge is 0.255 e. The molecule has 2 aromatic carbocycles. The molecule has 0 fully saturated rings. The summed E-state index contributed by atoms with van der Waals surface area (Å²) in [6.45, 7) is 4.04. The molecule has 5 rings (SSSR count). The maximum Gasteiger partial charge on any atom is 0.255 e. The zero-order chi connectivity index (χ0) is 25.6. The van der Waals surface area contributed by atoms with E-state index in [2.05, 4.69) is 38.9 Å². The SMILES string of the molecule is C/C=C1\N=C(Nc2ccc3ncsc3c2)CCC(C)C(Nc2cc(C(=O)Nc3ccccc3)ccn2)=N1. The highest BCUT2D eigenvalue weighted by molar-refractivity contribution is 7.16. The Kier molecular flexibility index (Phi) is 7.32. The number of hydrogen-bond donors (Lipinski definition) is 3. The average Bonchev–Trinajstić information content (AvgIpc) is 3.38. The molecule has 3 N–H and O–H groups in total. The number of aliphatic imine (C=N–C) groups is 2. The van der Waals surface area contributed by atoms with Crippen molar-refractivity contribution in [3.8, 4) is 0 Å². The Morgan fingerprint density at radius 1 is 1.00 bits per heavy atom. The molecule has 4 aromatic rings. The minimum absolute atomic E-state index is 0.120. The molecule has 2 aromatic heterocycles. The third-order valence-electron chi connectivity index (χ3n) is 5.95. The van der Waals surface area contributed by atoms with Gasteiger partial charge in [0.15, 0.2) is 5.82 Å². The van der Waals surface area contributed by atoms with Crippen LogP contribution in [0.15, 0.2) is 94.3 Å². The van der Waals surface area contributed by atoms with Crippen LogP contribution in [-0.2, 0) is 0 Å². The molecule has 1 atom stereocenters. The molecule has 1 aliphatic heterocycles. The topological polar surface area (TPSA) is 104 Å². The highest BCUT2D eigenvalue weighted by Crippen LogP contribution is 2.24. The van der Waals surface area contributed by atoms with E-state index in [1.165, 1.54) is 0 Å². The Balaban J connectivity index is 1.32. The van der Waals surface area contributed by atoms with E-state index in [-0.39, 0.29) is 11.8 Å². The summed E-state index contributed by atoms with van der Waals surface area (Å²) in [6, 6.07) is 18.9. The molecule has 186 valence electrons. The lowest BCUT2D eigenvalue weighted by Gasteiger charge is -2.20. The summed E-state index contributed by atoms with van der Waals surface area (Å²) in [4.78, 5) is 31.1. The Morgan fingerprint density at radius 2 is 1.86 bits per heavy atom. The molecule has 8 nitrogen and oxygen atoms in total. The number of carbonyl (C=O) groups excluding carboxylic acids is 1. The third-order valence-corrected chi connectivity index (χ3v) is 6.75. The lowest BCUT2D eigenvalue weighted by atomic mass is 10.0. The summed E-state index contributed by atoms with van der Waals surface area (Å²) in [5.41, 5.74) is 5.08. The minimum atomic E-state index is -0.199. The van der Waals surface area contributed by atoms with Crippen molar-refractivity contribution in [2.75, 3.05) is 16.0 Å². The third kappa shape index (κ3) is 6.07. The maximum absolute atomic E-state index is 12.7. The quantitative estimate of drug-likeness (QED) is 0.289. The van der Waals surface area contributed by atoms with E-state index >= 15 is 0 Å². The summed E-state index contributed by atoms with van der Waals surface area (Å²) in [6.07, 6.45) is 5.09. The number of nitrogens with zero attached hydrogens (tertiary/aromatic N) is 4. The van der Waals surface area contributed by atoms with Crippen molar-refractivity contribution in [2.45, 2.75) is 26.7 Å². The van der Waals surface area contributed by atoms with Gasteiger partial charge in [-0.3, -0.25) is 4.79 Å². The lowest BCUT2D eigenvalue weighted by molar-refractivity contribution is 0.102. The van der Waals surface area contributed by atoms with Crippen LogP contribution < -0.4 is 16.0 Å². The van der Waals surface area contributed by atoms with Gasteiger partial charge in [0.25, 0.3) is 5.91 Å². The van der Waals surface area contributed by atoms with E-state index in [0.717, 1.165) is 46.1 Å². The summed E-state index contributed by atoms with van der Waals surface area (Å²) in [5, 5.41) is 9.69. The molecule has 1 amide bonds. The number of rotatable bonds is 4. The number of para-hydroxylation sites is 1. The van der Waals surface area contributed by atoms with Gasteiger partial charge >= 0.3 is 0 Å². The predicted octanol–water partition coefficient (Wildman–Crippen LogP) is 6.56. The Morgan fingerprint density at radius 3 is 2.70 bits per heavy atom. The van der Waals surface area contributed by atoms with Crippen LogP contribution in [0.4, 0.5) is 17.2 Å². The molecule has 0 saturated heterocycles. The summed E-state index contributed by atoms with van der Waals surface area (Å²) in [7, 11) is 0. The Hall–Kier alpha value is -4.37. The molecule has 1 aliphatic rings. The number of nitrogens with one attached hydrogen (secondary N) is 3. The summed E-state index contributed by atoms with van der Waals surface area (Å²) >= 11 is 1.62. The van der Waals surface area contributed by atoms with Gasteiger partial charge in [-0.15, -0.1) is 11.3 Å². The van der Waals surface area contributed by atoms with Gasteiger partial charge in [0.2, 0.25) is 0 Å². The highest BCUT2D eigenvalue weighted by atomic mass is 32.1. The van der Waals surface area contributed by atoms with Gasteiger partial charge in [-0.25, -0.2) is 20.0 Å². The van der Waals surface area contributed by atoms with Gasteiger partial charge < -0.3 is 16.0 Å². The van der Waals surface area contributed by atoms with Crippen molar-refractivity contribution in [1.82, 2.24) is 9.97 Å². The van der Waals surface area contributed by atoms with Crippen molar-refractivity contribution < 1.29 is 4.79 Å². The number of pyridine rings is 1. The van der Waals surface area contributed by atoms with Crippen LogP contribution in [0.5, 0.6) is 0 Å². The van der Waals surface area contributed by atoms with Crippen LogP contribution in [-0.4, -0.2) is 27.5 Å². The number of allylic oxidation sites excluding steroid dienone is 1. The van der Waals surface area contributed by atoms with Gasteiger partial charge in [0.1, 0.15) is 17.5 Å². The number of amides is 1. The highest BCUT2D eigenvalue weighted by Gasteiger charge is 2.18. The standard InChI is InChI=1S/C28H27N7OS/c1-3-24-33-25(31-21-10-11-22-23(16-21)37-17-30-22)12-9-18(2)27(34-24)35-26-15-19(13-14-29-26)28(36)32-20-7-5-4-6-8-20/h3-8,10-11,13-18H,9,12H2,1-2H3,(H,31,33)(H,32,36)(H,29,34,35)/b24-3+. The number of thiazole rings is 1. The van der Waals surface area contributed by atoms with Crippen LogP contribution in [0.25, 0.3) is 10.2 Å². The van der Waals surface area contributed by atoms with E-state index in [9.17, 15) is 4.79 Å². The van der Waals surface area contributed by atoms with E-state index in [4.69, 9.17) is 9.98 Å². The number of fused-ring (bicyclic) bond motifs is 1. The molecule has 3 heterocycles. The van der Waals surface area contributed by atoms with Crippen molar-refractivity contribution in [3.63, 3.8) is 0 Å². The van der Waals surface area contributed by atoms with Gasteiger partial charge in [-0.1, -0.05) is 25.1 Å². The Labute approximate surface area is 219 Å². The molecular formula is C28H27N7OS. The van der Waals surface area contributed by atoms with Crippen molar-refractivity contribution >= 4 is 56.3 Å². The van der Waals surface area contributed by atoms with E-state index in [1.54, 1.807) is 29.7 Å². The molecule has 0 spiro atoms. The predicted molar refractivity (Wildman–Crippen MR) is 153 cm³/mol. The fourth-order valence-electron chi connectivity index (χ4n) is 3.91. The van der Waals surface area contributed by atoms with E-state index in [0.29, 0.717) is 17.2 Å². The molecule has 0 aliphatic carbocycles. The molecule has 9 heteroatoms. The van der Waals surface area contributed by atoms with Gasteiger partial charge in [-0.05, 0) is 61.9 Å². The van der Waals surface area contributed by atoms with Crippen LogP contribution in [0, 0.1) is 5.92 Å². The van der Waals surface area contributed by atoms with Crippen LogP contribution in [0.2, 0.25) is 0 Å². The fraction of sp³-hybridized carbons (Fsp3) is 0.179. The fourth-order valence-corrected chi connectivity index (χ4v) is 4.63. The number of hydrogen-bond acceptors (Lipinski definition) is 8. The lowest BCUT2D eigenvalue weighted by Crippen LogP contribution is -2.25. The number of carbonyl (C=O) groups is 1. The maximum atomic E-state index is 12.7. The minimum Gasteiger partial charge on any atom is -0.344 e.